The molecule has 2 aliphatic heterocycles. The molecule has 0 saturated carbocycles. The van der Waals surface area contributed by atoms with Gasteiger partial charge in [-0.3, -0.25) is 4.79 Å². The molecular weight excluding hydrogens is 473 g/mol. The molecule has 3 aromatic rings. The van der Waals surface area contributed by atoms with Crippen molar-refractivity contribution in [1.82, 2.24) is 9.47 Å². The smallest absolute Gasteiger partial charge is 0.341 e. The van der Waals surface area contributed by atoms with Gasteiger partial charge in [-0.1, -0.05) is 0 Å². The number of hydrogen-bond acceptors (Lipinski definition) is 4. The number of aromatic carboxylic acids is 1. The van der Waals surface area contributed by atoms with Crippen molar-refractivity contribution < 1.29 is 31.9 Å². The first kappa shape index (κ1) is 23.3. The predicted molar refractivity (Wildman–Crippen MR) is 118 cm³/mol. The van der Waals surface area contributed by atoms with Crippen LogP contribution in [0.5, 0.6) is 0 Å². The molecule has 11 heteroatoms. The van der Waals surface area contributed by atoms with Crippen LogP contribution >= 0.6 is 0 Å². The van der Waals surface area contributed by atoms with Crippen molar-refractivity contribution in [3.8, 4) is 5.69 Å². The zero-order valence-electron chi connectivity index (χ0n) is 18.5. The van der Waals surface area contributed by atoms with Gasteiger partial charge in [0, 0.05) is 31.4 Å². The van der Waals surface area contributed by atoms with Crippen molar-refractivity contribution in [2.45, 2.75) is 18.9 Å². The van der Waals surface area contributed by atoms with Gasteiger partial charge >= 0.3 is 5.97 Å². The Hall–Kier alpha value is -3.47. The van der Waals surface area contributed by atoms with Gasteiger partial charge in [0.05, 0.1) is 16.6 Å². The largest absolute Gasteiger partial charge is 0.477 e. The summed E-state index contributed by atoms with van der Waals surface area (Å²) in [6.45, 7) is 1.27. The van der Waals surface area contributed by atoms with Crippen LogP contribution in [0, 0.1) is 35.0 Å². The Labute approximate surface area is 195 Å². The molecule has 6 nitrogen and oxygen atoms in total. The molecule has 2 atom stereocenters. The van der Waals surface area contributed by atoms with Gasteiger partial charge in [0.15, 0.2) is 17.5 Å². The topological polar surface area (TPSA) is 65.8 Å². The minimum absolute atomic E-state index is 0.00701. The predicted octanol–water partition coefficient (Wildman–Crippen LogP) is 3.91. The van der Waals surface area contributed by atoms with Crippen LogP contribution in [0.15, 0.2) is 29.2 Å². The zero-order chi connectivity index (χ0) is 25.2. The number of fused-ring (bicyclic) bond motifs is 2. The Morgan fingerprint density at radius 2 is 1.80 bits per heavy atom. The second-order valence-corrected chi connectivity index (χ2v) is 9.01. The molecule has 0 spiro atoms. The van der Waals surface area contributed by atoms with E-state index in [9.17, 15) is 23.5 Å². The minimum Gasteiger partial charge on any atom is -0.477 e. The number of likely N-dealkylation sites (tertiary alicyclic amines) is 1. The number of benzene rings is 2. The number of piperidine rings is 1. The van der Waals surface area contributed by atoms with Gasteiger partial charge in [-0.05, 0) is 44.5 Å². The number of anilines is 1. The molecule has 2 unspecified atom stereocenters. The second kappa shape index (κ2) is 8.33. The number of nitrogens with zero attached hydrogens (tertiary/aromatic N) is 3. The highest BCUT2D eigenvalue weighted by Gasteiger charge is 2.40. The first-order valence-corrected chi connectivity index (χ1v) is 11.0. The average Bonchev–Trinajstić information content (AvgIpc) is 3.23. The number of carbonyl (C=O) groups is 1. The highest BCUT2D eigenvalue weighted by molar-refractivity contribution is 5.95. The molecule has 0 aliphatic carbocycles. The fraction of sp³-hybridized carbons (Fsp3) is 0.333. The van der Waals surface area contributed by atoms with E-state index in [1.165, 1.54) is 4.90 Å². The molecular formula is C24H20F5N3O3. The number of likely N-dealkylation sites (N-methyl/N-ethyl adjacent to an activating group) is 1. The zero-order valence-corrected chi connectivity index (χ0v) is 18.5. The highest BCUT2D eigenvalue weighted by atomic mass is 19.2. The molecule has 2 fully saturated rings. The Morgan fingerprint density at radius 3 is 2.46 bits per heavy atom. The summed E-state index contributed by atoms with van der Waals surface area (Å²) in [6, 6.07) is 2.19. The maximum atomic E-state index is 16.0. The number of rotatable bonds is 3. The Balaban J connectivity index is 1.82. The Kier molecular flexibility index (Phi) is 5.54. The third kappa shape index (κ3) is 3.56. The summed E-state index contributed by atoms with van der Waals surface area (Å²) >= 11 is 0. The lowest BCUT2D eigenvalue weighted by atomic mass is 9.93. The van der Waals surface area contributed by atoms with E-state index in [1.54, 1.807) is 0 Å². The van der Waals surface area contributed by atoms with Crippen LogP contribution in [0.3, 0.4) is 0 Å². The van der Waals surface area contributed by atoms with Gasteiger partial charge in [-0.2, -0.15) is 0 Å². The van der Waals surface area contributed by atoms with E-state index in [0.29, 0.717) is 16.8 Å². The Bertz CT molecular complexity index is 1440. The molecule has 35 heavy (non-hydrogen) atoms. The normalized spacial score (nSPS) is 20.5. The SMILES string of the molecule is CN1CCCC2CN(c3c(F)c(F)c4c(=O)c(C(=O)O)cn(-c5ccc(F)cc5F)c4c3F)CC21. The number of hydrogen-bond donors (Lipinski definition) is 1. The van der Waals surface area contributed by atoms with Gasteiger partial charge in [0.1, 0.15) is 22.9 Å². The third-order valence-electron chi connectivity index (χ3n) is 7.02. The monoisotopic (exact) mass is 493 g/mol. The van der Waals surface area contributed by atoms with Gasteiger partial charge < -0.3 is 19.5 Å². The van der Waals surface area contributed by atoms with E-state index in [4.69, 9.17) is 0 Å². The fourth-order valence-corrected chi connectivity index (χ4v) is 5.34. The molecule has 1 aromatic heterocycles. The van der Waals surface area contributed by atoms with E-state index in [1.807, 2.05) is 7.05 Å². The lowest BCUT2D eigenvalue weighted by Crippen LogP contribution is -2.42. The number of carboxylic acids is 1. The minimum atomic E-state index is -1.80. The lowest BCUT2D eigenvalue weighted by molar-refractivity contribution is 0.0695. The molecule has 1 N–H and O–H groups in total. The van der Waals surface area contributed by atoms with E-state index in [0.717, 1.165) is 31.5 Å². The van der Waals surface area contributed by atoms with Crippen molar-refractivity contribution in [2.75, 3.05) is 31.6 Å². The number of carboxylic acid groups (broad SMARTS) is 1. The summed E-state index contributed by atoms with van der Waals surface area (Å²) in [5.41, 5.74) is -4.56. The standard InChI is InChI=1S/C24H20F5N3O3/c1-30-6-2-3-11-8-31(10-16(11)30)22-19(28)18(27)17-21(20(22)29)32(9-13(23(17)33)24(34)35)15-5-4-12(25)7-14(15)26/h4-5,7,9,11,16H,2-3,6,8,10H2,1H3,(H,34,35). The second-order valence-electron chi connectivity index (χ2n) is 9.01. The van der Waals surface area contributed by atoms with Crippen molar-refractivity contribution in [3.05, 3.63) is 69.3 Å². The van der Waals surface area contributed by atoms with Crippen LogP contribution in [0.1, 0.15) is 23.2 Å². The summed E-state index contributed by atoms with van der Waals surface area (Å²) in [5.74, 6) is -8.58. The van der Waals surface area contributed by atoms with Crippen LogP contribution in [-0.2, 0) is 0 Å². The number of pyridine rings is 1. The fourth-order valence-electron chi connectivity index (χ4n) is 5.34. The Morgan fingerprint density at radius 1 is 1.06 bits per heavy atom. The molecule has 2 aromatic carbocycles. The summed E-state index contributed by atoms with van der Waals surface area (Å²) < 4.78 is 75.5. The number of halogens is 5. The van der Waals surface area contributed by atoms with Crippen LogP contribution < -0.4 is 10.3 Å². The van der Waals surface area contributed by atoms with Crippen molar-refractivity contribution in [3.63, 3.8) is 0 Å². The van der Waals surface area contributed by atoms with Crippen LogP contribution in [0.2, 0.25) is 0 Å². The molecule has 0 amide bonds. The van der Waals surface area contributed by atoms with Crippen molar-refractivity contribution >= 4 is 22.6 Å². The summed E-state index contributed by atoms with van der Waals surface area (Å²) in [5, 5.41) is 8.25. The molecule has 2 saturated heterocycles. The van der Waals surface area contributed by atoms with E-state index in [-0.39, 0.29) is 25.0 Å². The van der Waals surface area contributed by atoms with Gasteiger partial charge in [0.25, 0.3) is 0 Å². The molecule has 5 rings (SSSR count). The average molecular weight is 493 g/mol. The molecule has 2 aliphatic rings. The first-order valence-electron chi connectivity index (χ1n) is 11.0. The van der Waals surface area contributed by atoms with Crippen LogP contribution in [0.4, 0.5) is 27.6 Å². The maximum absolute atomic E-state index is 16.0. The van der Waals surface area contributed by atoms with Crippen LogP contribution in [-0.4, -0.2) is 53.3 Å². The van der Waals surface area contributed by atoms with E-state index in [2.05, 4.69) is 4.90 Å². The maximum Gasteiger partial charge on any atom is 0.341 e. The van der Waals surface area contributed by atoms with E-state index >= 15 is 13.2 Å². The molecule has 0 radical (unpaired) electrons. The summed E-state index contributed by atoms with van der Waals surface area (Å²) in [6.07, 6.45) is 2.37. The molecule has 0 bridgehead atoms. The summed E-state index contributed by atoms with van der Waals surface area (Å²) in [7, 11) is 1.90. The quantitative estimate of drug-likeness (QED) is 0.443. The van der Waals surface area contributed by atoms with Gasteiger partial charge in [-0.25, -0.2) is 26.7 Å². The summed E-state index contributed by atoms with van der Waals surface area (Å²) in [4.78, 5) is 27.8. The highest BCUT2D eigenvalue weighted by Crippen LogP contribution is 2.39. The first-order chi connectivity index (χ1) is 16.6. The lowest BCUT2D eigenvalue weighted by Gasteiger charge is -2.33. The van der Waals surface area contributed by atoms with Gasteiger partial charge in [-0.15, -0.1) is 0 Å². The van der Waals surface area contributed by atoms with Crippen molar-refractivity contribution in [1.29, 1.82) is 0 Å². The number of aromatic nitrogens is 1. The van der Waals surface area contributed by atoms with Gasteiger partial charge in [0.2, 0.25) is 5.43 Å². The molecule has 184 valence electrons. The van der Waals surface area contributed by atoms with Crippen LogP contribution in [0.25, 0.3) is 16.6 Å². The van der Waals surface area contributed by atoms with E-state index < -0.39 is 68.3 Å². The van der Waals surface area contributed by atoms with Crippen molar-refractivity contribution in [2.24, 2.45) is 5.92 Å². The third-order valence-corrected chi connectivity index (χ3v) is 7.02. The molecule has 3 heterocycles.